The number of halogens is 3. The molecule has 1 aromatic heterocycles. The van der Waals surface area contributed by atoms with Gasteiger partial charge in [-0.1, -0.05) is 12.1 Å². The Hall–Kier alpha value is -2.90. The summed E-state index contributed by atoms with van der Waals surface area (Å²) in [5, 5.41) is 18.9. The lowest BCUT2D eigenvalue weighted by Crippen LogP contribution is -2.48. The van der Waals surface area contributed by atoms with Crippen LogP contribution in [0.4, 0.5) is 14.8 Å². The Morgan fingerprint density at radius 2 is 1.88 bits per heavy atom. The molecule has 0 bridgehead atoms. The molecule has 0 saturated carbocycles. The van der Waals surface area contributed by atoms with E-state index in [0.29, 0.717) is 6.54 Å². The van der Waals surface area contributed by atoms with Crippen LogP contribution in [-0.4, -0.2) is 40.6 Å². The van der Waals surface area contributed by atoms with Crippen LogP contribution in [0.25, 0.3) is 0 Å². The number of aliphatic hydroxyl groups excluding tert-OH is 1. The van der Waals surface area contributed by atoms with Crippen molar-refractivity contribution in [2.75, 3.05) is 11.9 Å². The van der Waals surface area contributed by atoms with Gasteiger partial charge in [-0.15, -0.1) is 0 Å². The van der Waals surface area contributed by atoms with Gasteiger partial charge in [0.25, 0.3) is 5.91 Å². The molecule has 2 atom stereocenters. The third-order valence-corrected chi connectivity index (χ3v) is 5.42. The number of nitrogens with zero attached hydrogens (tertiary/aromatic N) is 1. The van der Waals surface area contributed by atoms with E-state index in [1.807, 2.05) is 24.3 Å². The first kappa shape index (κ1) is 25.7. The smallest absolute Gasteiger partial charge is 0.302 e. The fourth-order valence-electron chi connectivity index (χ4n) is 3.25. The van der Waals surface area contributed by atoms with Gasteiger partial charge in [-0.25, -0.2) is 8.78 Å². The summed E-state index contributed by atoms with van der Waals surface area (Å²) in [4.78, 5) is 27.7. The zero-order valence-electron chi connectivity index (χ0n) is 18.1. The van der Waals surface area contributed by atoms with Gasteiger partial charge in [-0.3, -0.25) is 14.9 Å². The monoisotopic (exact) mass is 584 g/mol. The molecule has 3 rings (SSSR count). The summed E-state index contributed by atoms with van der Waals surface area (Å²) in [7, 11) is 0. The molecule has 0 aliphatic rings. The maximum atomic E-state index is 13.7. The van der Waals surface area contributed by atoms with E-state index in [9.17, 15) is 23.5 Å². The highest BCUT2D eigenvalue weighted by molar-refractivity contribution is 14.1. The summed E-state index contributed by atoms with van der Waals surface area (Å²) >= 11 is 2.20. The number of carbonyl (C=O) groups excluding carboxylic acids is 2. The van der Waals surface area contributed by atoms with E-state index < -0.39 is 35.6 Å². The Morgan fingerprint density at radius 1 is 1.15 bits per heavy atom. The number of anilines is 1. The second-order valence-electron chi connectivity index (χ2n) is 7.61. The summed E-state index contributed by atoms with van der Waals surface area (Å²) in [5.74, 6) is -2.63. The van der Waals surface area contributed by atoms with E-state index in [1.165, 1.54) is 6.92 Å². The minimum atomic E-state index is -1.10. The van der Waals surface area contributed by atoms with Crippen molar-refractivity contribution in [2.24, 2.45) is 0 Å². The van der Waals surface area contributed by atoms with E-state index >= 15 is 0 Å². The molecular formula is C23H23F2IN4O4. The van der Waals surface area contributed by atoms with E-state index in [1.54, 1.807) is 0 Å². The van der Waals surface area contributed by atoms with Gasteiger partial charge in [-0.05, 0) is 64.4 Å². The number of rotatable bonds is 10. The Morgan fingerprint density at radius 3 is 2.56 bits per heavy atom. The largest absolute Gasteiger partial charge is 0.431 e. The van der Waals surface area contributed by atoms with Crippen molar-refractivity contribution in [3.8, 4) is 0 Å². The summed E-state index contributed by atoms with van der Waals surface area (Å²) in [6.07, 6.45) is -0.0795. The number of carbonyl (C=O) groups is 2. The summed E-state index contributed by atoms with van der Waals surface area (Å²) in [5.41, 5.74) is 1.15. The fourth-order valence-corrected chi connectivity index (χ4v) is 3.86. The highest BCUT2D eigenvalue weighted by Gasteiger charge is 2.24. The zero-order valence-corrected chi connectivity index (χ0v) is 20.3. The number of oxazole rings is 1. The molecule has 2 aromatic carbocycles. The van der Waals surface area contributed by atoms with Crippen LogP contribution in [0.2, 0.25) is 0 Å². The lowest BCUT2D eigenvalue weighted by Gasteiger charge is -2.24. The molecule has 1 heterocycles. The molecule has 3 aromatic rings. The highest BCUT2D eigenvalue weighted by Crippen LogP contribution is 2.14. The number of benzene rings is 2. The van der Waals surface area contributed by atoms with Crippen molar-refractivity contribution in [1.82, 2.24) is 15.6 Å². The van der Waals surface area contributed by atoms with Crippen LogP contribution in [-0.2, 0) is 17.8 Å². The molecule has 11 heteroatoms. The van der Waals surface area contributed by atoms with Crippen LogP contribution in [0.5, 0.6) is 0 Å². The van der Waals surface area contributed by atoms with Crippen LogP contribution in [0.3, 0.4) is 0 Å². The van der Waals surface area contributed by atoms with Crippen LogP contribution in [0.1, 0.15) is 28.5 Å². The minimum Gasteiger partial charge on any atom is -0.431 e. The van der Waals surface area contributed by atoms with Gasteiger partial charge in [0, 0.05) is 29.6 Å². The maximum Gasteiger partial charge on any atom is 0.302 e. The first-order valence-electron chi connectivity index (χ1n) is 10.3. The predicted octanol–water partition coefficient (Wildman–Crippen LogP) is 3.01. The van der Waals surface area contributed by atoms with E-state index in [-0.39, 0.29) is 30.2 Å². The van der Waals surface area contributed by atoms with Crippen molar-refractivity contribution in [3.05, 3.63) is 80.8 Å². The van der Waals surface area contributed by atoms with Crippen LogP contribution in [0, 0.1) is 15.2 Å². The summed E-state index contributed by atoms with van der Waals surface area (Å²) in [6, 6.07) is 9.78. The van der Waals surface area contributed by atoms with Gasteiger partial charge in [0.2, 0.25) is 5.91 Å². The maximum absolute atomic E-state index is 13.7. The third-order valence-electron chi connectivity index (χ3n) is 4.75. The van der Waals surface area contributed by atoms with Crippen LogP contribution < -0.4 is 16.0 Å². The van der Waals surface area contributed by atoms with Crippen molar-refractivity contribution in [2.45, 2.75) is 32.0 Å². The topological polar surface area (TPSA) is 116 Å². The Kier molecular flexibility index (Phi) is 9.07. The first-order chi connectivity index (χ1) is 16.2. The van der Waals surface area contributed by atoms with Crippen molar-refractivity contribution in [3.63, 3.8) is 0 Å². The molecule has 0 unspecified atom stereocenters. The normalized spacial score (nSPS) is 12.7. The summed E-state index contributed by atoms with van der Waals surface area (Å²) in [6.45, 7) is 1.84. The SMILES string of the molecule is CC(=O)Nc1nc(C(=O)N[C@H](Cc2cc(F)cc(F)c2)[C@@H](O)CNCc2cccc(I)c2)co1. The van der Waals surface area contributed by atoms with Gasteiger partial charge in [0.05, 0.1) is 12.1 Å². The van der Waals surface area contributed by atoms with Gasteiger partial charge in [0.15, 0.2) is 5.69 Å². The second kappa shape index (κ2) is 12.0. The highest BCUT2D eigenvalue weighted by atomic mass is 127. The molecule has 0 radical (unpaired) electrons. The number of nitrogens with one attached hydrogen (secondary N) is 3. The number of amides is 2. The molecule has 2 amide bonds. The van der Waals surface area contributed by atoms with E-state index in [2.05, 4.69) is 43.5 Å². The lowest BCUT2D eigenvalue weighted by molar-refractivity contribution is -0.114. The number of aromatic nitrogens is 1. The zero-order chi connectivity index (χ0) is 24.7. The van der Waals surface area contributed by atoms with Crippen molar-refractivity contribution >= 4 is 40.4 Å². The van der Waals surface area contributed by atoms with Gasteiger partial charge >= 0.3 is 6.01 Å². The van der Waals surface area contributed by atoms with Crippen LogP contribution >= 0.6 is 22.6 Å². The van der Waals surface area contributed by atoms with Gasteiger partial charge in [-0.2, -0.15) is 4.98 Å². The molecule has 0 fully saturated rings. The average molecular weight is 584 g/mol. The number of hydrogen-bond acceptors (Lipinski definition) is 6. The fraction of sp³-hybridized carbons (Fsp3) is 0.261. The molecule has 4 N–H and O–H groups in total. The Balaban J connectivity index is 1.70. The average Bonchev–Trinajstić information content (AvgIpc) is 3.20. The molecule has 180 valence electrons. The summed E-state index contributed by atoms with van der Waals surface area (Å²) < 4.78 is 33.5. The van der Waals surface area contributed by atoms with E-state index in [0.717, 1.165) is 33.6 Å². The first-order valence-corrected chi connectivity index (χ1v) is 11.4. The lowest BCUT2D eigenvalue weighted by atomic mass is 10.0. The standard InChI is InChI=1S/C23H23F2IN4O4/c1-13(31)28-23-30-20(12-34-23)22(33)29-19(8-15-5-16(24)9-17(25)6-15)21(32)11-27-10-14-3-2-4-18(26)7-14/h2-7,9,12,19,21,27,32H,8,10-11H2,1H3,(H,29,33)(H,28,30,31)/t19-,21+/m1/s1. The Labute approximate surface area is 208 Å². The van der Waals surface area contributed by atoms with Gasteiger partial charge < -0.3 is 20.2 Å². The predicted molar refractivity (Wildman–Crippen MR) is 129 cm³/mol. The molecular weight excluding hydrogens is 561 g/mol. The molecule has 0 aliphatic heterocycles. The van der Waals surface area contributed by atoms with Gasteiger partial charge in [0.1, 0.15) is 17.9 Å². The van der Waals surface area contributed by atoms with Crippen molar-refractivity contribution < 1.29 is 27.9 Å². The molecule has 8 nitrogen and oxygen atoms in total. The molecule has 34 heavy (non-hydrogen) atoms. The van der Waals surface area contributed by atoms with Crippen LogP contribution in [0.15, 0.2) is 53.1 Å². The number of hydrogen-bond donors (Lipinski definition) is 4. The van der Waals surface area contributed by atoms with Crippen molar-refractivity contribution in [1.29, 1.82) is 0 Å². The second-order valence-corrected chi connectivity index (χ2v) is 8.85. The van der Waals surface area contributed by atoms with E-state index in [4.69, 9.17) is 4.42 Å². The number of aliphatic hydroxyl groups is 1. The quantitative estimate of drug-likeness (QED) is 0.273. The molecule has 0 spiro atoms. The molecule has 0 saturated heterocycles. The minimum absolute atomic E-state index is 0.0388. The molecule has 0 aliphatic carbocycles. The Bertz CT molecular complexity index is 1140. The third kappa shape index (κ3) is 7.85.